The molecule has 0 bridgehead atoms. The van der Waals surface area contributed by atoms with Gasteiger partial charge in [0.05, 0.1) is 19.8 Å². The average molecular weight is 1030 g/mol. The quantitative estimate of drug-likeness (QED) is 0.0485. The molecule has 0 aliphatic heterocycles. The Morgan fingerprint density at radius 3 is 1.40 bits per heavy atom. The molecule has 37 heteroatoms. The van der Waals surface area contributed by atoms with Crippen LogP contribution in [0.3, 0.4) is 0 Å². The van der Waals surface area contributed by atoms with E-state index in [2.05, 4.69) is 28.4 Å². The van der Waals surface area contributed by atoms with Crippen molar-refractivity contribution in [3.63, 3.8) is 0 Å². The van der Waals surface area contributed by atoms with Crippen molar-refractivity contribution >= 4 is 12.1 Å². The number of halogens is 26. The third-order valence-corrected chi connectivity index (χ3v) is 6.90. The Balaban J connectivity index is 4.73. The van der Waals surface area contributed by atoms with E-state index >= 15 is 0 Å². The van der Waals surface area contributed by atoms with E-state index in [9.17, 15) is 124 Å². The summed E-state index contributed by atoms with van der Waals surface area (Å²) in [5.41, 5.74) is 0. The maximum absolute atomic E-state index is 14.5. The fourth-order valence-electron chi connectivity index (χ4n) is 3.60. The second kappa shape index (κ2) is 23.1. The molecule has 0 aromatic heterocycles. The van der Waals surface area contributed by atoms with E-state index in [1.54, 1.807) is 5.32 Å². The van der Waals surface area contributed by atoms with Crippen molar-refractivity contribution in [1.82, 2.24) is 5.32 Å². The third kappa shape index (κ3) is 19.8. The number of esters is 1. The molecule has 0 spiro atoms. The van der Waals surface area contributed by atoms with Crippen LogP contribution in [0, 0.1) is 0 Å². The smallest absolute Gasteiger partial charge is 0.459 e. The molecule has 0 aliphatic carbocycles. The zero-order chi connectivity index (χ0) is 51.4. The second-order valence-corrected chi connectivity index (χ2v) is 12.2. The van der Waals surface area contributed by atoms with Crippen molar-refractivity contribution in [2.24, 2.45) is 0 Å². The summed E-state index contributed by atoms with van der Waals surface area (Å²) in [7, 11) is 0. The van der Waals surface area contributed by atoms with Crippen LogP contribution in [0.25, 0.3) is 0 Å². The van der Waals surface area contributed by atoms with E-state index < -0.39 is 131 Å². The molecule has 0 rings (SSSR count). The molecule has 0 aromatic rings. The topological polar surface area (TPSA) is 120 Å². The van der Waals surface area contributed by atoms with E-state index in [1.807, 2.05) is 0 Å². The van der Waals surface area contributed by atoms with Crippen LogP contribution in [0.1, 0.15) is 25.7 Å². The Kier molecular flexibility index (Phi) is 21.9. The summed E-state index contributed by atoms with van der Waals surface area (Å²) in [6.07, 6.45) is -65.7. The molecule has 0 saturated carbocycles. The van der Waals surface area contributed by atoms with E-state index in [4.69, 9.17) is 9.47 Å². The molecule has 0 radical (unpaired) electrons. The van der Waals surface area contributed by atoms with E-state index in [0.29, 0.717) is 0 Å². The predicted molar refractivity (Wildman–Crippen MR) is 151 cm³/mol. The summed E-state index contributed by atoms with van der Waals surface area (Å²) < 4.78 is 367. The number of ether oxygens (including phenoxy) is 8. The lowest BCUT2D eigenvalue weighted by molar-refractivity contribution is -0.480. The highest BCUT2D eigenvalue weighted by atomic mass is 19.4. The van der Waals surface area contributed by atoms with Gasteiger partial charge in [0.1, 0.15) is 13.2 Å². The van der Waals surface area contributed by atoms with Crippen LogP contribution in [-0.2, 0) is 42.7 Å². The molecule has 0 aromatic carbocycles. The van der Waals surface area contributed by atoms with E-state index in [1.165, 1.54) is 0 Å². The minimum absolute atomic E-state index is 0.139. The zero-order valence-corrected chi connectivity index (χ0v) is 31.3. The molecule has 0 saturated heterocycles. The second-order valence-electron chi connectivity index (χ2n) is 12.2. The van der Waals surface area contributed by atoms with Crippen LogP contribution in [-0.4, -0.2) is 151 Å². The summed E-state index contributed by atoms with van der Waals surface area (Å²) in [6.45, 7) is -13.2. The Morgan fingerprint density at radius 1 is 0.477 bits per heavy atom. The zero-order valence-electron chi connectivity index (χ0n) is 31.3. The molecule has 11 nitrogen and oxygen atoms in total. The summed E-state index contributed by atoms with van der Waals surface area (Å²) in [6, 6.07) is 0. The lowest BCUT2D eigenvalue weighted by Gasteiger charge is -2.36. The molecule has 4 atom stereocenters. The first kappa shape index (κ1) is 61.7. The highest BCUT2D eigenvalue weighted by Crippen LogP contribution is 2.50. The van der Waals surface area contributed by atoms with Gasteiger partial charge in [0, 0.05) is 26.2 Å². The van der Waals surface area contributed by atoms with Crippen LogP contribution >= 0.6 is 0 Å². The molecule has 0 heterocycles. The largest absolute Gasteiger partial charge is 0.462 e. The number of carbonyl (C=O) groups excluding carboxylic acids is 2. The molecule has 1 amide bonds. The standard InChI is InChI=1S/C28H29F26NO10/c29-18(24(42,43)44,62-11-15(21(36,37)38)64-27(51,52)22(39,40)25(45,46)47)12-61-16(56)4-1-2-6-58-8-9-59-7-3-5-55-17(57)60-10-14(20(33,34)35)65-28(53,54)23(41,26(48,49)50)63-13-19(30,31)32/h14-15H,1-13H2,(H,55,57). The number of unbranched alkanes of at least 4 members (excludes halogenated alkanes) is 1. The van der Waals surface area contributed by atoms with Crippen molar-refractivity contribution in [2.45, 2.75) is 105 Å². The minimum atomic E-state index is -7.34. The summed E-state index contributed by atoms with van der Waals surface area (Å²) in [4.78, 5) is 23.3. The van der Waals surface area contributed by atoms with Gasteiger partial charge in [-0.25, -0.2) is 4.79 Å². The number of alkyl carbamates (subject to hydrolysis) is 1. The average Bonchev–Trinajstić information content (AvgIpc) is 3.10. The monoisotopic (exact) mass is 1030 g/mol. The maximum Gasteiger partial charge on any atom is 0.462 e. The Hall–Kier alpha value is -3.32. The van der Waals surface area contributed by atoms with E-state index in [-0.39, 0.29) is 45.7 Å². The fraction of sp³-hybridized carbons (Fsp3) is 0.929. The number of hydrogen-bond donors (Lipinski definition) is 1. The number of hydrogen-bond acceptors (Lipinski definition) is 10. The van der Waals surface area contributed by atoms with Gasteiger partial charge in [-0.05, 0) is 19.3 Å². The normalized spacial score (nSPS) is 17.0. The Bertz CT molecular complexity index is 1450. The van der Waals surface area contributed by atoms with Gasteiger partial charge < -0.3 is 33.7 Å². The molecule has 65 heavy (non-hydrogen) atoms. The fourth-order valence-corrected chi connectivity index (χ4v) is 3.60. The number of amides is 1. The summed E-state index contributed by atoms with van der Waals surface area (Å²) in [5.74, 6) is -21.3. The third-order valence-electron chi connectivity index (χ3n) is 6.90. The number of nitrogens with one attached hydrogen (secondary N) is 1. The highest BCUT2D eigenvalue weighted by molar-refractivity contribution is 5.69. The van der Waals surface area contributed by atoms with Crippen LogP contribution in [0.15, 0.2) is 0 Å². The van der Waals surface area contributed by atoms with Crippen molar-refractivity contribution in [3.05, 3.63) is 0 Å². The highest BCUT2D eigenvalue weighted by Gasteiger charge is 2.77. The van der Waals surface area contributed by atoms with Crippen LogP contribution in [0.5, 0.6) is 0 Å². The summed E-state index contributed by atoms with van der Waals surface area (Å²) >= 11 is 0. The molecular weight excluding hydrogens is 1000 g/mol. The van der Waals surface area contributed by atoms with Crippen LogP contribution < -0.4 is 5.32 Å². The summed E-state index contributed by atoms with van der Waals surface area (Å²) in [5, 5.41) is 1.70. The first-order valence-electron chi connectivity index (χ1n) is 16.6. The molecular formula is C28H29F26NO10. The molecule has 388 valence electrons. The van der Waals surface area contributed by atoms with Crippen molar-refractivity contribution < 1.29 is 162 Å². The minimum Gasteiger partial charge on any atom is -0.459 e. The van der Waals surface area contributed by atoms with Gasteiger partial charge in [0.15, 0.2) is 18.8 Å². The lowest BCUT2D eigenvalue weighted by atomic mass is 10.2. The lowest BCUT2D eigenvalue weighted by Crippen LogP contribution is -2.61. The van der Waals surface area contributed by atoms with Gasteiger partial charge in [-0.1, -0.05) is 0 Å². The number of rotatable bonds is 27. The predicted octanol–water partition coefficient (Wildman–Crippen LogP) is 9.18. The first-order valence-corrected chi connectivity index (χ1v) is 16.6. The SMILES string of the molecule is O=C(CCCCOCCOCCCNC(=O)OCC(OC(F)(F)C(F)(OCC(F)(F)F)C(F)(F)F)C(F)(F)F)OCC(F)(OCC(OC(F)(F)C(F)(F)C(F)(F)F)C(F)(F)F)C(F)(F)F. The first-order chi connectivity index (χ1) is 28.9. The molecule has 0 fully saturated rings. The van der Waals surface area contributed by atoms with Crippen molar-refractivity contribution in [2.75, 3.05) is 59.4 Å². The maximum atomic E-state index is 14.5. The van der Waals surface area contributed by atoms with Crippen molar-refractivity contribution in [1.29, 1.82) is 0 Å². The van der Waals surface area contributed by atoms with Crippen molar-refractivity contribution in [3.8, 4) is 0 Å². The van der Waals surface area contributed by atoms with E-state index in [0.717, 1.165) is 0 Å². The van der Waals surface area contributed by atoms with Gasteiger partial charge in [-0.2, -0.15) is 114 Å². The molecule has 4 unspecified atom stereocenters. The van der Waals surface area contributed by atoms with Gasteiger partial charge in [0.2, 0.25) is 0 Å². The molecule has 0 aliphatic rings. The van der Waals surface area contributed by atoms with Gasteiger partial charge in [0.25, 0.3) is 0 Å². The van der Waals surface area contributed by atoms with Gasteiger partial charge in [-0.15, -0.1) is 0 Å². The van der Waals surface area contributed by atoms with Gasteiger partial charge >= 0.3 is 79.0 Å². The Morgan fingerprint density at radius 2 is 0.954 bits per heavy atom. The van der Waals surface area contributed by atoms with Crippen LogP contribution in [0.2, 0.25) is 0 Å². The number of carbonyl (C=O) groups is 2. The molecule has 1 N–H and O–H groups in total. The van der Waals surface area contributed by atoms with Crippen LogP contribution in [0.4, 0.5) is 119 Å². The Labute approximate surface area is 344 Å². The number of alkyl halides is 26. The van der Waals surface area contributed by atoms with Gasteiger partial charge in [-0.3, -0.25) is 14.3 Å².